The first kappa shape index (κ1) is 21.1. The molecule has 0 spiro atoms. The molecule has 4 saturated carbocycles. The smallest absolute Gasteiger partial charge is 0.288 e. The van der Waals surface area contributed by atoms with Gasteiger partial charge in [0, 0.05) is 35.3 Å². The van der Waals surface area contributed by atoms with Crippen LogP contribution in [0.1, 0.15) is 38.5 Å². The summed E-state index contributed by atoms with van der Waals surface area (Å²) in [6.45, 7) is 0. The van der Waals surface area contributed by atoms with Crippen LogP contribution in [-0.4, -0.2) is 30.0 Å². The summed E-state index contributed by atoms with van der Waals surface area (Å²) >= 11 is 6.51. The molecule has 4 atom stereocenters. The zero-order valence-corrected chi connectivity index (χ0v) is 18.8. The van der Waals surface area contributed by atoms with Gasteiger partial charge in [-0.15, -0.1) is 0 Å². The van der Waals surface area contributed by atoms with Gasteiger partial charge in [0.2, 0.25) is 0 Å². The molecular weight excluding hydrogens is 434 g/mol. The molecule has 0 saturated heterocycles. The number of carbonyl (C=O) groups is 1. The maximum Gasteiger partial charge on any atom is 0.288 e. The van der Waals surface area contributed by atoms with Crippen LogP contribution >= 0.6 is 11.6 Å². The van der Waals surface area contributed by atoms with Crippen molar-refractivity contribution in [3.63, 3.8) is 0 Å². The first-order valence-electron chi connectivity index (χ1n) is 10.8. The van der Waals surface area contributed by atoms with Gasteiger partial charge in [0.15, 0.2) is 0 Å². The molecule has 2 unspecified atom stereocenters. The lowest BCUT2D eigenvalue weighted by molar-refractivity contribution is -0.329. The number of ether oxygens (including phenoxy) is 2. The largest absolute Gasteiger partial charge is 0.550 e. The van der Waals surface area contributed by atoms with E-state index >= 15 is 0 Å². The lowest BCUT2D eigenvalue weighted by Crippen LogP contribution is -2.63. The van der Waals surface area contributed by atoms with Crippen molar-refractivity contribution in [1.82, 2.24) is 9.78 Å². The van der Waals surface area contributed by atoms with Gasteiger partial charge >= 0.3 is 0 Å². The molecule has 4 fully saturated rings. The highest BCUT2D eigenvalue weighted by molar-refractivity contribution is 6.33. The number of carbonyl (C=O) groups excluding carboxylic acids is 1. The number of nitrogens with one attached hydrogen (secondary N) is 1. The van der Waals surface area contributed by atoms with Crippen molar-refractivity contribution in [2.24, 2.45) is 17.3 Å². The van der Waals surface area contributed by atoms with Crippen LogP contribution in [0, 0.1) is 17.3 Å². The van der Waals surface area contributed by atoms with E-state index in [0.29, 0.717) is 42.1 Å². The van der Waals surface area contributed by atoms with Crippen LogP contribution in [0.2, 0.25) is 5.02 Å². The molecule has 4 bridgehead atoms. The third-order valence-corrected chi connectivity index (χ3v) is 7.83. The standard InChI is InChI=1S/C23H26ClN3O5/c1-31-16-4-15(5-17(6-16)32-2)26-18-11-25-27(20(28)19(18)24)23-9-13-3-14(10-23)8-22(7-13,12-23)21(29)30/h4-6,11,13-14,26H,3,7-10,12H2,1-2H3,(H,29,30)/p-1/t13-,14+,22?,23?. The van der Waals surface area contributed by atoms with Crippen molar-refractivity contribution >= 4 is 28.9 Å². The Bertz CT molecular complexity index is 1110. The molecule has 1 heterocycles. The Kier molecular flexibility index (Phi) is 4.89. The molecule has 1 aromatic carbocycles. The van der Waals surface area contributed by atoms with E-state index < -0.39 is 22.5 Å². The molecule has 0 radical (unpaired) electrons. The minimum absolute atomic E-state index is 0.0139. The van der Waals surface area contributed by atoms with E-state index in [0.717, 1.165) is 19.3 Å². The number of carboxylic acids is 1. The highest BCUT2D eigenvalue weighted by Crippen LogP contribution is 2.63. The predicted octanol–water partition coefficient (Wildman–Crippen LogP) is 2.70. The second-order valence-corrected chi connectivity index (χ2v) is 9.95. The zero-order chi connectivity index (χ0) is 22.7. The van der Waals surface area contributed by atoms with Crippen LogP contribution in [0.15, 0.2) is 29.2 Å². The number of rotatable bonds is 6. The molecular formula is C23H25ClN3O5-. The molecule has 0 aliphatic heterocycles. The molecule has 0 amide bonds. The summed E-state index contributed by atoms with van der Waals surface area (Å²) in [4.78, 5) is 25.4. The highest BCUT2D eigenvalue weighted by Gasteiger charge is 2.60. The number of hydrogen-bond acceptors (Lipinski definition) is 7. The topological polar surface area (TPSA) is 106 Å². The number of nitrogens with zero attached hydrogens (tertiary/aromatic N) is 2. The fraction of sp³-hybridized carbons (Fsp3) is 0.522. The number of benzene rings is 1. The molecule has 4 aliphatic carbocycles. The Balaban J connectivity index is 1.50. The lowest BCUT2D eigenvalue weighted by atomic mass is 9.47. The number of methoxy groups -OCH3 is 2. The van der Waals surface area contributed by atoms with Gasteiger partial charge in [-0.3, -0.25) is 4.79 Å². The molecule has 32 heavy (non-hydrogen) atoms. The first-order valence-corrected chi connectivity index (χ1v) is 11.2. The van der Waals surface area contributed by atoms with Gasteiger partial charge in [0.1, 0.15) is 16.5 Å². The SMILES string of the molecule is COc1cc(Nc2cnn(C34C[C@@H]5C[C@@H](CC(C(=O)[O-])(C5)C3)C4)c(=O)c2Cl)cc(OC)c1. The minimum atomic E-state index is -1.000. The van der Waals surface area contributed by atoms with Crippen molar-refractivity contribution in [1.29, 1.82) is 0 Å². The number of halogens is 1. The van der Waals surface area contributed by atoms with E-state index in [1.54, 1.807) is 32.4 Å². The van der Waals surface area contributed by atoms with Gasteiger partial charge in [-0.25, -0.2) is 4.68 Å². The Morgan fingerprint density at radius 2 is 1.78 bits per heavy atom. The normalized spacial score (nSPS) is 30.2. The van der Waals surface area contributed by atoms with Gasteiger partial charge in [-0.2, -0.15) is 5.10 Å². The van der Waals surface area contributed by atoms with Crippen LogP contribution < -0.4 is 25.5 Å². The summed E-state index contributed by atoms with van der Waals surface area (Å²) < 4.78 is 12.0. The van der Waals surface area contributed by atoms with Crippen LogP contribution in [0.3, 0.4) is 0 Å². The van der Waals surface area contributed by atoms with Crippen molar-refractivity contribution in [3.8, 4) is 11.5 Å². The molecule has 170 valence electrons. The van der Waals surface area contributed by atoms with Crippen LogP contribution in [0.25, 0.3) is 0 Å². The van der Waals surface area contributed by atoms with Gasteiger partial charge < -0.3 is 24.7 Å². The second kappa shape index (κ2) is 7.40. The number of hydrogen-bond donors (Lipinski definition) is 1. The zero-order valence-electron chi connectivity index (χ0n) is 18.0. The number of carboxylic acid groups (broad SMARTS) is 1. The Labute approximate surface area is 190 Å². The maximum absolute atomic E-state index is 13.3. The lowest BCUT2D eigenvalue weighted by Gasteiger charge is -2.62. The third-order valence-electron chi connectivity index (χ3n) is 7.46. The summed E-state index contributed by atoms with van der Waals surface area (Å²) in [6, 6.07) is 5.25. The van der Waals surface area contributed by atoms with Gasteiger partial charge in [0.05, 0.1) is 31.6 Å². The van der Waals surface area contributed by atoms with E-state index in [1.165, 1.54) is 10.9 Å². The third kappa shape index (κ3) is 3.23. The van der Waals surface area contributed by atoms with Crippen LogP contribution in [0.4, 0.5) is 11.4 Å². The summed E-state index contributed by atoms with van der Waals surface area (Å²) in [5.74, 6) is 0.712. The fourth-order valence-corrected chi connectivity index (χ4v) is 6.77. The van der Waals surface area contributed by atoms with E-state index in [1.807, 2.05) is 0 Å². The molecule has 1 aromatic heterocycles. The molecule has 8 nitrogen and oxygen atoms in total. The maximum atomic E-state index is 13.3. The van der Waals surface area contributed by atoms with Gasteiger partial charge in [-0.05, 0) is 50.4 Å². The van der Waals surface area contributed by atoms with Gasteiger partial charge in [0.25, 0.3) is 5.56 Å². The average Bonchev–Trinajstić information content (AvgIpc) is 2.75. The highest BCUT2D eigenvalue weighted by atomic mass is 35.5. The summed E-state index contributed by atoms with van der Waals surface area (Å²) in [5, 5.41) is 19.7. The Morgan fingerprint density at radius 1 is 1.16 bits per heavy atom. The summed E-state index contributed by atoms with van der Waals surface area (Å²) in [7, 11) is 3.11. The number of aliphatic carboxylic acids is 1. The Hall–Kier alpha value is -2.74. The Morgan fingerprint density at radius 3 is 2.34 bits per heavy atom. The van der Waals surface area contributed by atoms with Crippen LogP contribution in [0.5, 0.6) is 11.5 Å². The number of anilines is 2. The monoisotopic (exact) mass is 458 g/mol. The fourth-order valence-electron chi connectivity index (χ4n) is 6.59. The van der Waals surface area contributed by atoms with Crippen molar-refractivity contribution in [3.05, 3.63) is 39.8 Å². The molecule has 1 N–H and O–H groups in total. The average molecular weight is 459 g/mol. The number of aromatic nitrogens is 2. The van der Waals surface area contributed by atoms with E-state index in [9.17, 15) is 14.7 Å². The van der Waals surface area contributed by atoms with Crippen molar-refractivity contribution in [2.45, 2.75) is 44.1 Å². The molecule has 6 rings (SSSR count). The second-order valence-electron chi connectivity index (χ2n) is 9.57. The minimum Gasteiger partial charge on any atom is -0.550 e. The van der Waals surface area contributed by atoms with Crippen molar-refractivity contribution in [2.75, 3.05) is 19.5 Å². The van der Waals surface area contributed by atoms with E-state index in [4.69, 9.17) is 21.1 Å². The quantitative estimate of drug-likeness (QED) is 0.709. The van der Waals surface area contributed by atoms with Crippen molar-refractivity contribution < 1.29 is 19.4 Å². The van der Waals surface area contributed by atoms with Crippen LogP contribution in [-0.2, 0) is 10.3 Å². The van der Waals surface area contributed by atoms with Gasteiger partial charge in [-0.1, -0.05) is 11.6 Å². The summed E-state index contributed by atoms with van der Waals surface area (Å²) in [6.07, 6.45) is 5.68. The van der Waals surface area contributed by atoms with E-state index in [2.05, 4.69) is 10.4 Å². The van der Waals surface area contributed by atoms with E-state index in [-0.39, 0.29) is 16.9 Å². The molecule has 9 heteroatoms. The summed E-state index contributed by atoms with van der Waals surface area (Å²) in [5.41, 5.74) is -0.911. The molecule has 4 aliphatic rings. The first-order chi connectivity index (χ1) is 15.3. The predicted molar refractivity (Wildman–Crippen MR) is 116 cm³/mol. The molecule has 2 aromatic rings.